The maximum Gasteiger partial charge on any atom is -0.0276 e. The lowest BCUT2D eigenvalue weighted by Crippen LogP contribution is -2.26. The standard InChI is InChI=1S/C31H52/c1-3-5-7-8-9-11-27-12-14-28(15-13-27)16-17-29-20-24-31(25-21-29)30-22-18-26(19-23-30)10-6-4-2/h12-15,26,29-31H,3-11,16-25H2,1-2H3/t26-,29-,30-,31-. The second-order valence-corrected chi connectivity index (χ2v) is 11.2. The van der Waals surface area contributed by atoms with Crippen molar-refractivity contribution in [1.29, 1.82) is 0 Å². The van der Waals surface area contributed by atoms with Crippen molar-refractivity contribution in [1.82, 2.24) is 0 Å². The molecular weight excluding hydrogens is 372 g/mol. The number of unbranched alkanes of at least 4 members (excludes halogenated alkanes) is 5. The largest absolute Gasteiger partial charge is 0.0654 e. The Balaban J connectivity index is 1.28. The van der Waals surface area contributed by atoms with Crippen LogP contribution in [0.25, 0.3) is 0 Å². The Labute approximate surface area is 195 Å². The van der Waals surface area contributed by atoms with Crippen LogP contribution < -0.4 is 0 Å². The summed E-state index contributed by atoms with van der Waals surface area (Å²) < 4.78 is 0. The molecule has 0 heteroatoms. The highest BCUT2D eigenvalue weighted by Gasteiger charge is 2.30. The topological polar surface area (TPSA) is 0 Å². The molecule has 1 aromatic rings. The first kappa shape index (κ1) is 24.9. The molecule has 0 bridgehead atoms. The number of hydrogen-bond donors (Lipinski definition) is 0. The van der Waals surface area contributed by atoms with E-state index in [0.717, 1.165) is 23.7 Å². The van der Waals surface area contributed by atoms with E-state index >= 15 is 0 Å². The van der Waals surface area contributed by atoms with Gasteiger partial charge in [-0.25, -0.2) is 0 Å². The van der Waals surface area contributed by atoms with Gasteiger partial charge in [-0.3, -0.25) is 0 Å². The minimum atomic E-state index is 0.996. The lowest BCUT2D eigenvalue weighted by atomic mass is 9.68. The minimum Gasteiger partial charge on any atom is -0.0654 e. The molecule has 31 heavy (non-hydrogen) atoms. The van der Waals surface area contributed by atoms with E-state index in [-0.39, 0.29) is 0 Å². The quantitative estimate of drug-likeness (QED) is 0.276. The summed E-state index contributed by atoms with van der Waals surface area (Å²) in [5.41, 5.74) is 3.12. The highest BCUT2D eigenvalue weighted by molar-refractivity contribution is 5.22. The Hall–Kier alpha value is -0.780. The molecule has 1 aromatic carbocycles. The molecule has 0 spiro atoms. The molecule has 0 atom stereocenters. The SMILES string of the molecule is CCCCCCCc1ccc(CC[C@H]2CC[C@H]([C@H]3CC[C@H](CCCC)CC3)CC2)cc1. The van der Waals surface area contributed by atoms with Crippen molar-refractivity contribution < 1.29 is 0 Å². The zero-order valence-corrected chi connectivity index (χ0v) is 21.1. The fourth-order valence-corrected chi connectivity index (χ4v) is 6.57. The van der Waals surface area contributed by atoms with E-state index in [9.17, 15) is 0 Å². The highest BCUT2D eigenvalue weighted by Crippen LogP contribution is 2.43. The van der Waals surface area contributed by atoms with Crippen LogP contribution in [0.3, 0.4) is 0 Å². The molecule has 3 rings (SSSR count). The summed E-state index contributed by atoms with van der Waals surface area (Å²) in [4.78, 5) is 0. The van der Waals surface area contributed by atoms with E-state index in [1.54, 1.807) is 36.8 Å². The van der Waals surface area contributed by atoms with Crippen LogP contribution in [0.4, 0.5) is 0 Å². The van der Waals surface area contributed by atoms with Crippen LogP contribution in [0, 0.1) is 23.7 Å². The molecule has 0 aliphatic heterocycles. The fourth-order valence-electron chi connectivity index (χ4n) is 6.57. The van der Waals surface area contributed by atoms with Crippen LogP contribution in [0.2, 0.25) is 0 Å². The Morgan fingerprint density at radius 3 is 1.55 bits per heavy atom. The van der Waals surface area contributed by atoms with E-state index in [2.05, 4.69) is 38.1 Å². The van der Waals surface area contributed by atoms with Crippen molar-refractivity contribution in [2.45, 2.75) is 136 Å². The van der Waals surface area contributed by atoms with Gasteiger partial charge in [0.15, 0.2) is 0 Å². The minimum absolute atomic E-state index is 0.996. The molecule has 2 saturated carbocycles. The van der Waals surface area contributed by atoms with Gasteiger partial charge in [-0.1, -0.05) is 109 Å². The molecule has 0 heterocycles. The predicted molar refractivity (Wildman–Crippen MR) is 138 cm³/mol. The van der Waals surface area contributed by atoms with Gasteiger partial charge in [-0.2, -0.15) is 0 Å². The molecule has 0 saturated heterocycles. The van der Waals surface area contributed by atoms with E-state index in [4.69, 9.17) is 0 Å². The molecule has 2 fully saturated rings. The lowest BCUT2D eigenvalue weighted by Gasteiger charge is -2.38. The summed E-state index contributed by atoms with van der Waals surface area (Å²) in [5.74, 6) is 4.21. The van der Waals surface area contributed by atoms with E-state index in [1.807, 2.05) is 0 Å². The van der Waals surface area contributed by atoms with Gasteiger partial charge in [-0.15, -0.1) is 0 Å². The van der Waals surface area contributed by atoms with Crippen LogP contribution in [0.15, 0.2) is 24.3 Å². The average molecular weight is 425 g/mol. The van der Waals surface area contributed by atoms with Crippen molar-refractivity contribution in [2.24, 2.45) is 23.7 Å². The Kier molecular flexibility index (Phi) is 11.5. The van der Waals surface area contributed by atoms with E-state index in [1.165, 1.54) is 96.3 Å². The number of rotatable bonds is 13. The molecule has 0 amide bonds. The van der Waals surface area contributed by atoms with Crippen molar-refractivity contribution in [3.8, 4) is 0 Å². The second kappa shape index (κ2) is 14.4. The Morgan fingerprint density at radius 2 is 1.00 bits per heavy atom. The molecule has 0 N–H and O–H groups in total. The summed E-state index contributed by atoms with van der Waals surface area (Å²) in [6, 6.07) is 9.65. The first-order valence-electron chi connectivity index (χ1n) is 14.4. The number of benzene rings is 1. The Bertz CT molecular complexity index is 554. The van der Waals surface area contributed by atoms with E-state index in [0.29, 0.717) is 0 Å². The van der Waals surface area contributed by atoms with Gasteiger partial charge in [0, 0.05) is 0 Å². The smallest absolute Gasteiger partial charge is 0.0276 e. The predicted octanol–water partition coefficient (Wildman–Crippen LogP) is 9.94. The summed E-state index contributed by atoms with van der Waals surface area (Å²) in [6.07, 6.45) is 27.5. The summed E-state index contributed by atoms with van der Waals surface area (Å²) >= 11 is 0. The maximum absolute atomic E-state index is 2.42. The lowest BCUT2D eigenvalue weighted by molar-refractivity contribution is 0.140. The first-order chi connectivity index (χ1) is 15.3. The van der Waals surface area contributed by atoms with Crippen LogP contribution in [-0.2, 0) is 12.8 Å². The van der Waals surface area contributed by atoms with Crippen LogP contribution in [0.1, 0.15) is 134 Å². The van der Waals surface area contributed by atoms with Gasteiger partial charge < -0.3 is 0 Å². The molecule has 0 nitrogen and oxygen atoms in total. The van der Waals surface area contributed by atoms with Gasteiger partial charge >= 0.3 is 0 Å². The van der Waals surface area contributed by atoms with Crippen LogP contribution >= 0.6 is 0 Å². The van der Waals surface area contributed by atoms with Gasteiger partial charge in [0.25, 0.3) is 0 Å². The summed E-state index contributed by atoms with van der Waals surface area (Å²) in [5, 5.41) is 0. The monoisotopic (exact) mass is 424 g/mol. The van der Waals surface area contributed by atoms with Crippen molar-refractivity contribution >= 4 is 0 Å². The molecule has 176 valence electrons. The van der Waals surface area contributed by atoms with Crippen molar-refractivity contribution in [3.05, 3.63) is 35.4 Å². The molecular formula is C31H52. The fraction of sp³-hybridized carbons (Fsp3) is 0.806. The summed E-state index contributed by atoms with van der Waals surface area (Å²) in [6.45, 7) is 4.64. The summed E-state index contributed by atoms with van der Waals surface area (Å²) in [7, 11) is 0. The molecule has 2 aliphatic rings. The third-order valence-corrected chi connectivity index (χ3v) is 8.85. The zero-order chi connectivity index (χ0) is 21.7. The third kappa shape index (κ3) is 8.94. The first-order valence-corrected chi connectivity index (χ1v) is 14.4. The van der Waals surface area contributed by atoms with Gasteiger partial charge in [0.1, 0.15) is 0 Å². The van der Waals surface area contributed by atoms with Crippen LogP contribution in [0.5, 0.6) is 0 Å². The molecule has 2 aliphatic carbocycles. The Morgan fingerprint density at radius 1 is 0.516 bits per heavy atom. The van der Waals surface area contributed by atoms with Crippen LogP contribution in [-0.4, -0.2) is 0 Å². The number of aryl methyl sites for hydroxylation is 2. The van der Waals surface area contributed by atoms with E-state index < -0.39 is 0 Å². The van der Waals surface area contributed by atoms with Gasteiger partial charge in [-0.05, 0) is 86.2 Å². The highest BCUT2D eigenvalue weighted by atomic mass is 14.4. The normalized spacial score (nSPS) is 26.8. The van der Waals surface area contributed by atoms with Gasteiger partial charge in [0.05, 0.1) is 0 Å². The number of hydrogen-bond acceptors (Lipinski definition) is 0. The molecule has 0 radical (unpaired) electrons. The van der Waals surface area contributed by atoms with Crippen molar-refractivity contribution in [3.63, 3.8) is 0 Å². The van der Waals surface area contributed by atoms with Gasteiger partial charge in [0.2, 0.25) is 0 Å². The molecule has 0 unspecified atom stereocenters. The third-order valence-electron chi connectivity index (χ3n) is 8.85. The zero-order valence-electron chi connectivity index (χ0n) is 21.1. The average Bonchev–Trinajstić information content (AvgIpc) is 2.83. The van der Waals surface area contributed by atoms with Crippen molar-refractivity contribution in [2.75, 3.05) is 0 Å². The maximum atomic E-state index is 2.42. The second-order valence-electron chi connectivity index (χ2n) is 11.2. The molecule has 0 aromatic heterocycles.